The van der Waals surface area contributed by atoms with Gasteiger partial charge in [0.15, 0.2) is 0 Å². The Balaban J connectivity index is 4.04. The van der Waals surface area contributed by atoms with E-state index in [1.807, 2.05) is 0 Å². The minimum absolute atomic E-state index is 1.01. The van der Waals surface area contributed by atoms with Gasteiger partial charge in [-0.3, -0.25) is 0 Å². The molecular weight excluding hydrogens is 276 g/mol. The molecule has 0 aliphatic carbocycles. The summed E-state index contributed by atoms with van der Waals surface area (Å²) in [6, 6.07) is 0. The number of rotatable bonds is 18. The van der Waals surface area contributed by atoms with E-state index in [9.17, 15) is 0 Å². The molecule has 0 N–H and O–H groups in total. The van der Waals surface area contributed by atoms with E-state index in [0.29, 0.717) is 0 Å². The zero-order valence-electron chi connectivity index (χ0n) is 17.2. The minimum Gasteiger partial charge on any atom is -0.0654 e. The van der Waals surface area contributed by atoms with E-state index in [1.54, 1.807) is 0 Å². The van der Waals surface area contributed by atoms with Crippen LogP contribution in [0.25, 0.3) is 0 Å². The van der Waals surface area contributed by atoms with Crippen molar-refractivity contribution in [2.45, 2.75) is 137 Å². The Bertz CT molecular complexity index is 208. The molecule has 0 spiro atoms. The molecule has 0 aromatic rings. The first-order chi connectivity index (χ1) is 11.3. The molecule has 0 aliphatic heterocycles. The van der Waals surface area contributed by atoms with Crippen LogP contribution in [-0.4, -0.2) is 0 Å². The molecule has 0 heterocycles. The number of hydrogen-bond acceptors (Lipinski definition) is 0. The predicted octanol–water partition coefficient (Wildman–Crippen LogP) is 8.93. The standard InChI is InChI=1S/C23H48/c1-5-9-12-13-14-17-20-23(19-16-11-7-3)21-22(8-4)18-15-10-6-2/h22-23H,5-21H2,1-4H3. The maximum absolute atomic E-state index is 2.42. The quantitative estimate of drug-likeness (QED) is 0.221. The summed E-state index contributed by atoms with van der Waals surface area (Å²) in [5.41, 5.74) is 0. The molecule has 0 aromatic carbocycles. The zero-order valence-corrected chi connectivity index (χ0v) is 17.2. The lowest BCUT2D eigenvalue weighted by atomic mass is 9.83. The van der Waals surface area contributed by atoms with Gasteiger partial charge < -0.3 is 0 Å². The second-order valence-electron chi connectivity index (χ2n) is 7.92. The SMILES string of the molecule is CCCCCCCCC(CCCCC)CC(CC)CCCCC. The average molecular weight is 325 g/mol. The second-order valence-corrected chi connectivity index (χ2v) is 7.92. The zero-order chi connectivity index (χ0) is 17.2. The van der Waals surface area contributed by atoms with E-state index in [0.717, 1.165) is 11.8 Å². The maximum atomic E-state index is 2.42. The summed E-state index contributed by atoms with van der Waals surface area (Å²) in [6.07, 6.45) is 24.7. The molecule has 2 atom stereocenters. The monoisotopic (exact) mass is 324 g/mol. The molecule has 0 nitrogen and oxygen atoms in total. The van der Waals surface area contributed by atoms with Crippen LogP contribution in [0.4, 0.5) is 0 Å². The van der Waals surface area contributed by atoms with E-state index in [1.165, 1.54) is 109 Å². The van der Waals surface area contributed by atoms with Crippen LogP contribution in [0, 0.1) is 11.8 Å². The highest BCUT2D eigenvalue weighted by molar-refractivity contribution is 4.67. The summed E-state index contributed by atoms with van der Waals surface area (Å²) >= 11 is 0. The molecule has 0 bridgehead atoms. The van der Waals surface area contributed by atoms with E-state index < -0.39 is 0 Å². The molecule has 140 valence electrons. The van der Waals surface area contributed by atoms with Crippen molar-refractivity contribution >= 4 is 0 Å². The number of hydrogen-bond donors (Lipinski definition) is 0. The molecule has 0 amide bonds. The first kappa shape index (κ1) is 23.0. The van der Waals surface area contributed by atoms with E-state index in [4.69, 9.17) is 0 Å². The molecule has 0 saturated carbocycles. The fraction of sp³-hybridized carbons (Fsp3) is 1.00. The molecule has 0 rings (SSSR count). The highest BCUT2D eigenvalue weighted by Crippen LogP contribution is 2.29. The van der Waals surface area contributed by atoms with Gasteiger partial charge in [0.25, 0.3) is 0 Å². The van der Waals surface area contributed by atoms with Gasteiger partial charge in [-0.2, -0.15) is 0 Å². The van der Waals surface area contributed by atoms with Crippen molar-refractivity contribution in [3.05, 3.63) is 0 Å². The Hall–Kier alpha value is 0. The molecule has 23 heavy (non-hydrogen) atoms. The molecule has 0 aromatic heterocycles. The molecule has 0 radical (unpaired) electrons. The third-order valence-corrected chi connectivity index (χ3v) is 5.64. The fourth-order valence-electron chi connectivity index (χ4n) is 3.92. The summed E-state index contributed by atoms with van der Waals surface area (Å²) in [5, 5.41) is 0. The van der Waals surface area contributed by atoms with Crippen molar-refractivity contribution in [2.24, 2.45) is 11.8 Å². The lowest BCUT2D eigenvalue weighted by Crippen LogP contribution is -2.09. The Morgan fingerprint density at radius 2 is 0.826 bits per heavy atom. The van der Waals surface area contributed by atoms with Crippen LogP contribution in [0.5, 0.6) is 0 Å². The molecule has 0 aliphatic rings. The van der Waals surface area contributed by atoms with Gasteiger partial charge in [0.05, 0.1) is 0 Å². The van der Waals surface area contributed by atoms with Gasteiger partial charge in [-0.1, -0.05) is 130 Å². The summed E-state index contributed by atoms with van der Waals surface area (Å²) in [6.45, 7) is 9.40. The highest BCUT2D eigenvalue weighted by Gasteiger charge is 2.15. The lowest BCUT2D eigenvalue weighted by Gasteiger charge is -2.23. The molecule has 0 saturated heterocycles. The predicted molar refractivity (Wildman–Crippen MR) is 108 cm³/mol. The summed E-state index contributed by atoms with van der Waals surface area (Å²) in [7, 11) is 0. The van der Waals surface area contributed by atoms with Gasteiger partial charge >= 0.3 is 0 Å². The molecule has 0 fully saturated rings. The van der Waals surface area contributed by atoms with Crippen LogP contribution < -0.4 is 0 Å². The van der Waals surface area contributed by atoms with E-state index in [-0.39, 0.29) is 0 Å². The largest absolute Gasteiger partial charge is 0.0654 e. The van der Waals surface area contributed by atoms with Crippen LogP contribution in [0.2, 0.25) is 0 Å². The fourth-order valence-corrected chi connectivity index (χ4v) is 3.92. The van der Waals surface area contributed by atoms with Crippen LogP contribution in [-0.2, 0) is 0 Å². The van der Waals surface area contributed by atoms with Crippen molar-refractivity contribution in [2.75, 3.05) is 0 Å². The maximum Gasteiger partial charge on any atom is -0.0412 e. The first-order valence-electron chi connectivity index (χ1n) is 11.3. The normalized spacial score (nSPS) is 14.1. The van der Waals surface area contributed by atoms with Gasteiger partial charge in [0.1, 0.15) is 0 Å². The lowest BCUT2D eigenvalue weighted by molar-refractivity contribution is 0.295. The van der Waals surface area contributed by atoms with Gasteiger partial charge in [0, 0.05) is 0 Å². The van der Waals surface area contributed by atoms with Crippen molar-refractivity contribution in [1.82, 2.24) is 0 Å². The van der Waals surface area contributed by atoms with Crippen molar-refractivity contribution in [3.8, 4) is 0 Å². The highest BCUT2D eigenvalue weighted by atomic mass is 14.2. The molecule has 2 unspecified atom stereocenters. The topological polar surface area (TPSA) is 0 Å². The molecular formula is C23H48. The Labute approximate surface area is 149 Å². The summed E-state index contributed by atoms with van der Waals surface area (Å²) in [5.74, 6) is 2.03. The Kier molecular flexibility index (Phi) is 18.3. The van der Waals surface area contributed by atoms with E-state index in [2.05, 4.69) is 27.7 Å². The van der Waals surface area contributed by atoms with Crippen LogP contribution in [0.15, 0.2) is 0 Å². The van der Waals surface area contributed by atoms with E-state index >= 15 is 0 Å². The number of unbranched alkanes of at least 4 members (excludes halogenated alkanes) is 9. The third-order valence-electron chi connectivity index (χ3n) is 5.64. The minimum atomic E-state index is 1.01. The summed E-state index contributed by atoms with van der Waals surface area (Å²) in [4.78, 5) is 0. The third kappa shape index (κ3) is 15.3. The van der Waals surface area contributed by atoms with Gasteiger partial charge in [-0.15, -0.1) is 0 Å². The van der Waals surface area contributed by atoms with Gasteiger partial charge in [-0.25, -0.2) is 0 Å². The Morgan fingerprint density at radius 1 is 0.435 bits per heavy atom. The Morgan fingerprint density at radius 3 is 1.35 bits per heavy atom. The van der Waals surface area contributed by atoms with Crippen LogP contribution in [0.1, 0.15) is 137 Å². The van der Waals surface area contributed by atoms with Crippen molar-refractivity contribution in [1.29, 1.82) is 0 Å². The second kappa shape index (κ2) is 18.3. The van der Waals surface area contributed by atoms with Crippen LogP contribution >= 0.6 is 0 Å². The van der Waals surface area contributed by atoms with Crippen molar-refractivity contribution < 1.29 is 0 Å². The van der Waals surface area contributed by atoms with Crippen LogP contribution in [0.3, 0.4) is 0 Å². The average Bonchev–Trinajstić information content (AvgIpc) is 2.56. The van der Waals surface area contributed by atoms with Gasteiger partial charge in [0.2, 0.25) is 0 Å². The van der Waals surface area contributed by atoms with Gasteiger partial charge in [-0.05, 0) is 18.3 Å². The van der Waals surface area contributed by atoms with Crippen molar-refractivity contribution in [3.63, 3.8) is 0 Å². The molecule has 0 heteroatoms. The first-order valence-corrected chi connectivity index (χ1v) is 11.3. The summed E-state index contributed by atoms with van der Waals surface area (Å²) < 4.78 is 0. The smallest absolute Gasteiger partial charge is 0.0412 e.